The van der Waals surface area contributed by atoms with Crippen LogP contribution >= 0.6 is 0 Å². The molecule has 2 N–H and O–H groups in total. The summed E-state index contributed by atoms with van der Waals surface area (Å²) in [4.78, 5) is 23.3. The van der Waals surface area contributed by atoms with Gasteiger partial charge in [-0.15, -0.1) is 0 Å². The molecule has 1 aliphatic rings. The van der Waals surface area contributed by atoms with E-state index in [2.05, 4.69) is 5.32 Å². The molecule has 0 aromatic heterocycles. The van der Waals surface area contributed by atoms with Crippen LogP contribution in [0.15, 0.2) is 24.3 Å². The Morgan fingerprint density at radius 1 is 1.41 bits per heavy atom. The average Bonchev–Trinajstić information content (AvgIpc) is 3.31. The highest BCUT2D eigenvalue weighted by Gasteiger charge is 2.44. The number of amides is 1. The van der Waals surface area contributed by atoms with Crippen LogP contribution in [0.5, 0.6) is 5.75 Å². The lowest BCUT2D eigenvalue weighted by molar-refractivity contribution is -0.142. The summed E-state index contributed by atoms with van der Waals surface area (Å²) in [6, 6.07) is 6.71. The van der Waals surface area contributed by atoms with Crippen LogP contribution in [-0.2, 0) is 14.3 Å². The predicted octanol–water partition coefficient (Wildman–Crippen LogP) is 1.40. The molecule has 0 bridgehead atoms. The van der Waals surface area contributed by atoms with Gasteiger partial charge in [-0.1, -0.05) is 12.1 Å². The van der Waals surface area contributed by atoms with E-state index in [-0.39, 0.29) is 24.2 Å². The largest absolute Gasteiger partial charge is 0.497 e. The molecule has 1 fully saturated rings. The number of carbonyl (C=O) groups excluding carboxylic acids is 1. The van der Waals surface area contributed by atoms with Crippen LogP contribution in [0.1, 0.15) is 24.3 Å². The van der Waals surface area contributed by atoms with Gasteiger partial charge >= 0.3 is 5.97 Å². The maximum absolute atomic E-state index is 12.2. The molecule has 120 valence electrons. The summed E-state index contributed by atoms with van der Waals surface area (Å²) in [5.74, 6) is -0.532. The molecule has 22 heavy (non-hydrogen) atoms. The number of carbonyl (C=O) groups is 2. The van der Waals surface area contributed by atoms with Crippen LogP contribution < -0.4 is 10.1 Å². The molecule has 6 nitrogen and oxygen atoms in total. The third-order valence-corrected chi connectivity index (χ3v) is 3.87. The van der Waals surface area contributed by atoms with Gasteiger partial charge in [0, 0.05) is 26.1 Å². The summed E-state index contributed by atoms with van der Waals surface area (Å²) in [7, 11) is 3.10. The van der Waals surface area contributed by atoms with Gasteiger partial charge in [0.25, 0.3) is 0 Å². The Bertz CT molecular complexity index is 545. The van der Waals surface area contributed by atoms with E-state index in [9.17, 15) is 9.59 Å². The maximum Gasteiger partial charge on any atom is 0.326 e. The van der Waals surface area contributed by atoms with E-state index in [1.807, 2.05) is 24.3 Å². The first-order valence-corrected chi connectivity index (χ1v) is 7.23. The van der Waals surface area contributed by atoms with Crippen molar-refractivity contribution in [2.24, 2.45) is 5.92 Å². The second-order valence-electron chi connectivity index (χ2n) is 5.41. The Morgan fingerprint density at radius 2 is 2.18 bits per heavy atom. The fraction of sp³-hybridized carbons (Fsp3) is 0.500. The number of methoxy groups -OCH3 is 2. The third kappa shape index (κ3) is 3.98. The normalized spacial score (nSPS) is 21.0. The zero-order chi connectivity index (χ0) is 16.1. The second-order valence-corrected chi connectivity index (χ2v) is 5.41. The first-order valence-electron chi connectivity index (χ1n) is 7.23. The molecule has 0 radical (unpaired) electrons. The number of rotatable bonds is 8. The highest BCUT2D eigenvalue weighted by molar-refractivity contribution is 5.87. The van der Waals surface area contributed by atoms with Crippen molar-refractivity contribution < 1.29 is 24.2 Å². The van der Waals surface area contributed by atoms with Crippen molar-refractivity contribution in [2.75, 3.05) is 20.8 Å². The third-order valence-electron chi connectivity index (χ3n) is 3.87. The van der Waals surface area contributed by atoms with Gasteiger partial charge in [0.15, 0.2) is 0 Å². The number of carboxylic acid groups (broad SMARTS) is 1. The molecule has 6 heteroatoms. The highest BCUT2D eigenvalue weighted by Crippen LogP contribution is 2.48. The highest BCUT2D eigenvalue weighted by atomic mass is 16.5. The summed E-state index contributed by atoms with van der Waals surface area (Å²) < 4.78 is 10.0. The number of carboxylic acids is 1. The molecule has 3 unspecified atom stereocenters. The van der Waals surface area contributed by atoms with Gasteiger partial charge in [-0.2, -0.15) is 0 Å². The van der Waals surface area contributed by atoms with E-state index < -0.39 is 12.0 Å². The summed E-state index contributed by atoms with van der Waals surface area (Å²) in [6.45, 7) is 0.293. The van der Waals surface area contributed by atoms with E-state index >= 15 is 0 Å². The number of ether oxygens (including phenoxy) is 2. The van der Waals surface area contributed by atoms with E-state index in [1.54, 1.807) is 7.11 Å². The molecule has 1 aliphatic carbocycles. The Kier molecular flexibility index (Phi) is 5.38. The van der Waals surface area contributed by atoms with Crippen molar-refractivity contribution in [1.82, 2.24) is 5.32 Å². The van der Waals surface area contributed by atoms with Crippen molar-refractivity contribution in [3.8, 4) is 5.75 Å². The van der Waals surface area contributed by atoms with Gasteiger partial charge in [-0.05, 0) is 30.0 Å². The number of aliphatic carboxylic acids is 1. The maximum atomic E-state index is 12.2. The first-order chi connectivity index (χ1) is 10.6. The van der Waals surface area contributed by atoms with E-state index in [1.165, 1.54) is 7.11 Å². The summed E-state index contributed by atoms with van der Waals surface area (Å²) in [5.41, 5.74) is 1.04. The van der Waals surface area contributed by atoms with Crippen LogP contribution in [0, 0.1) is 5.92 Å². The van der Waals surface area contributed by atoms with Gasteiger partial charge < -0.3 is 19.9 Å². The van der Waals surface area contributed by atoms with E-state index in [4.69, 9.17) is 14.6 Å². The van der Waals surface area contributed by atoms with Crippen LogP contribution in [0.25, 0.3) is 0 Å². The molecule has 1 aromatic rings. The molecule has 0 aliphatic heterocycles. The lowest BCUT2D eigenvalue weighted by atomic mass is 10.1. The van der Waals surface area contributed by atoms with Crippen LogP contribution in [0.3, 0.4) is 0 Å². The summed E-state index contributed by atoms with van der Waals surface area (Å²) >= 11 is 0. The zero-order valence-electron chi connectivity index (χ0n) is 12.7. The van der Waals surface area contributed by atoms with Crippen LogP contribution in [0.2, 0.25) is 0 Å². The predicted molar refractivity (Wildman–Crippen MR) is 79.9 cm³/mol. The van der Waals surface area contributed by atoms with Crippen molar-refractivity contribution in [3.63, 3.8) is 0 Å². The van der Waals surface area contributed by atoms with Crippen LogP contribution in [-0.4, -0.2) is 43.9 Å². The summed E-state index contributed by atoms with van der Waals surface area (Å²) in [5, 5.41) is 11.7. The fourth-order valence-corrected chi connectivity index (χ4v) is 2.50. The standard InChI is InChI=1S/C16H21NO5/c1-21-7-6-14(16(19)20)17-15(18)13-9-12(13)10-4-3-5-11(8-10)22-2/h3-5,8,12-14H,6-7,9H2,1-2H3,(H,17,18)(H,19,20). The number of hydrogen-bond donors (Lipinski definition) is 2. The minimum absolute atomic E-state index is 0.131. The molecule has 0 spiro atoms. The van der Waals surface area contributed by atoms with E-state index in [0.29, 0.717) is 6.61 Å². The van der Waals surface area contributed by atoms with Gasteiger partial charge in [0.2, 0.25) is 5.91 Å². The quantitative estimate of drug-likeness (QED) is 0.758. The summed E-state index contributed by atoms with van der Waals surface area (Å²) in [6.07, 6.45) is 0.990. The molecular formula is C16H21NO5. The monoisotopic (exact) mass is 307 g/mol. The van der Waals surface area contributed by atoms with Gasteiger partial charge in [-0.25, -0.2) is 4.79 Å². The average molecular weight is 307 g/mol. The lowest BCUT2D eigenvalue weighted by Gasteiger charge is -2.14. The van der Waals surface area contributed by atoms with Crippen molar-refractivity contribution >= 4 is 11.9 Å². The first kappa shape index (κ1) is 16.3. The molecule has 1 aromatic carbocycles. The minimum atomic E-state index is -1.04. The Morgan fingerprint density at radius 3 is 2.82 bits per heavy atom. The van der Waals surface area contributed by atoms with Crippen LogP contribution in [0.4, 0.5) is 0 Å². The minimum Gasteiger partial charge on any atom is -0.497 e. The molecule has 3 atom stereocenters. The molecule has 0 saturated heterocycles. The zero-order valence-corrected chi connectivity index (χ0v) is 12.7. The van der Waals surface area contributed by atoms with Crippen molar-refractivity contribution in [2.45, 2.75) is 24.8 Å². The van der Waals surface area contributed by atoms with Crippen molar-refractivity contribution in [1.29, 1.82) is 0 Å². The van der Waals surface area contributed by atoms with Gasteiger partial charge in [0.05, 0.1) is 7.11 Å². The Balaban J connectivity index is 1.93. The molecule has 1 amide bonds. The smallest absolute Gasteiger partial charge is 0.326 e. The van der Waals surface area contributed by atoms with Gasteiger partial charge in [-0.3, -0.25) is 4.79 Å². The molecule has 0 heterocycles. The number of nitrogens with one attached hydrogen (secondary N) is 1. The molecule has 2 rings (SSSR count). The number of hydrogen-bond acceptors (Lipinski definition) is 4. The van der Waals surface area contributed by atoms with E-state index in [0.717, 1.165) is 17.7 Å². The Hall–Kier alpha value is -2.08. The molecule has 1 saturated carbocycles. The van der Waals surface area contributed by atoms with Gasteiger partial charge in [0.1, 0.15) is 11.8 Å². The SMILES string of the molecule is COCCC(NC(=O)C1CC1c1cccc(OC)c1)C(=O)O. The lowest BCUT2D eigenvalue weighted by Crippen LogP contribution is -2.42. The Labute approximate surface area is 129 Å². The molecular weight excluding hydrogens is 286 g/mol. The topological polar surface area (TPSA) is 84.9 Å². The van der Waals surface area contributed by atoms with Crippen molar-refractivity contribution in [3.05, 3.63) is 29.8 Å². The number of benzene rings is 1. The second kappa shape index (κ2) is 7.26. The fourth-order valence-electron chi connectivity index (χ4n) is 2.50.